The number of rotatable bonds is 2. The van der Waals surface area contributed by atoms with E-state index < -0.39 is 0 Å². The van der Waals surface area contributed by atoms with Crippen LogP contribution in [0.3, 0.4) is 0 Å². The zero-order valence-electron chi connectivity index (χ0n) is 9.77. The third-order valence-corrected chi connectivity index (χ3v) is 4.73. The lowest BCUT2D eigenvalue weighted by Crippen LogP contribution is -1.91. The van der Waals surface area contributed by atoms with Gasteiger partial charge in [-0.05, 0) is 46.6 Å². The molecule has 1 heterocycles. The summed E-state index contributed by atoms with van der Waals surface area (Å²) < 4.78 is 2.29. The molecule has 0 radical (unpaired) electrons. The summed E-state index contributed by atoms with van der Waals surface area (Å²) in [5, 5.41) is 4.28. The summed E-state index contributed by atoms with van der Waals surface area (Å²) in [7, 11) is 0. The van der Waals surface area contributed by atoms with Gasteiger partial charge in [0.1, 0.15) is 0 Å². The van der Waals surface area contributed by atoms with Crippen LogP contribution in [-0.4, -0.2) is 4.98 Å². The van der Waals surface area contributed by atoms with Crippen molar-refractivity contribution in [3.63, 3.8) is 0 Å². The van der Waals surface area contributed by atoms with Crippen LogP contribution in [0, 0.1) is 6.92 Å². The van der Waals surface area contributed by atoms with Crippen molar-refractivity contribution in [3.05, 3.63) is 52.5 Å². The fourth-order valence-electron chi connectivity index (χ4n) is 1.78. The highest BCUT2D eigenvalue weighted by atomic mass is 79.9. The lowest BCUT2D eigenvalue weighted by molar-refractivity contribution is 1.39. The number of para-hydroxylation sites is 1. The topological polar surface area (TPSA) is 24.9 Å². The van der Waals surface area contributed by atoms with Gasteiger partial charge in [0, 0.05) is 4.47 Å². The Morgan fingerprint density at radius 2 is 1.94 bits per heavy atom. The maximum atomic E-state index is 4.57. The van der Waals surface area contributed by atoms with E-state index in [0.717, 1.165) is 20.8 Å². The molecule has 0 spiro atoms. The molecular formula is C14H11BrN2S. The van der Waals surface area contributed by atoms with E-state index in [2.05, 4.69) is 45.3 Å². The van der Waals surface area contributed by atoms with Crippen molar-refractivity contribution in [2.24, 2.45) is 0 Å². The molecule has 18 heavy (non-hydrogen) atoms. The molecule has 0 saturated carbocycles. The molecule has 0 aliphatic heterocycles. The second-order valence-electron chi connectivity index (χ2n) is 4.05. The molecule has 3 rings (SSSR count). The van der Waals surface area contributed by atoms with Crippen LogP contribution in [0.4, 0.5) is 10.8 Å². The lowest BCUT2D eigenvalue weighted by atomic mass is 10.2. The van der Waals surface area contributed by atoms with E-state index in [1.54, 1.807) is 11.3 Å². The predicted octanol–water partition coefficient (Wildman–Crippen LogP) is 5.11. The summed E-state index contributed by atoms with van der Waals surface area (Å²) in [4.78, 5) is 4.57. The van der Waals surface area contributed by atoms with Crippen molar-refractivity contribution in [3.8, 4) is 0 Å². The van der Waals surface area contributed by atoms with Gasteiger partial charge in [-0.1, -0.05) is 35.6 Å². The number of anilines is 2. The minimum absolute atomic E-state index is 0.919. The van der Waals surface area contributed by atoms with E-state index in [9.17, 15) is 0 Å². The first kappa shape index (κ1) is 11.7. The van der Waals surface area contributed by atoms with Crippen LogP contribution in [0.1, 0.15) is 5.56 Å². The fourth-order valence-corrected chi connectivity index (χ4v) is 3.03. The molecule has 1 N–H and O–H groups in total. The first-order valence-electron chi connectivity index (χ1n) is 5.62. The molecule has 0 aliphatic carbocycles. The number of fused-ring (bicyclic) bond motifs is 1. The standard InChI is InChI=1S/C14H11BrN2S/c1-9-5-4-7-11(13(9)15)17-14-16-10-6-2-3-8-12(10)18-14/h2-8H,1H3,(H,16,17). The van der Waals surface area contributed by atoms with Crippen molar-refractivity contribution < 1.29 is 0 Å². The summed E-state index contributed by atoms with van der Waals surface area (Å²) in [5.74, 6) is 0. The summed E-state index contributed by atoms with van der Waals surface area (Å²) in [6.07, 6.45) is 0. The number of thiazole rings is 1. The Bertz CT molecular complexity index is 673. The van der Waals surface area contributed by atoms with E-state index in [4.69, 9.17) is 0 Å². The monoisotopic (exact) mass is 318 g/mol. The molecule has 2 aromatic carbocycles. The number of hydrogen-bond donors (Lipinski definition) is 1. The van der Waals surface area contributed by atoms with Gasteiger partial charge >= 0.3 is 0 Å². The minimum atomic E-state index is 0.919. The van der Waals surface area contributed by atoms with Crippen molar-refractivity contribution in [1.82, 2.24) is 4.98 Å². The van der Waals surface area contributed by atoms with Gasteiger partial charge in [-0.15, -0.1) is 0 Å². The number of aromatic nitrogens is 1. The average molecular weight is 319 g/mol. The lowest BCUT2D eigenvalue weighted by Gasteiger charge is -2.07. The van der Waals surface area contributed by atoms with Crippen LogP contribution in [0.2, 0.25) is 0 Å². The number of benzene rings is 2. The fraction of sp³-hybridized carbons (Fsp3) is 0.0714. The van der Waals surface area contributed by atoms with Crippen molar-refractivity contribution in [2.75, 3.05) is 5.32 Å². The van der Waals surface area contributed by atoms with Crippen LogP contribution in [-0.2, 0) is 0 Å². The number of aryl methyl sites for hydroxylation is 1. The quantitative estimate of drug-likeness (QED) is 0.710. The molecule has 0 atom stereocenters. The van der Waals surface area contributed by atoms with Crippen molar-refractivity contribution in [2.45, 2.75) is 6.92 Å². The third kappa shape index (κ3) is 2.13. The highest BCUT2D eigenvalue weighted by Crippen LogP contribution is 2.32. The van der Waals surface area contributed by atoms with Crippen LogP contribution in [0.15, 0.2) is 46.9 Å². The molecule has 0 aliphatic rings. The van der Waals surface area contributed by atoms with E-state index in [1.807, 2.05) is 30.3 Å². The minimum Gasteiger partial charge on any atom is -0.331 e. The van der Waals surface area contributed by atoms with Crippen LogP contribution >= 0.6 is 27.3 Å². The molecule has 0 unspecified atom stereocenters. The molecular weight excluding hydrogens is 308 g/mol. The Morgan fingerprint density at radius 3 is 2.78 bits per heavy atom. The number of nitrogens with zero attached hydrogens (tertiary/aromatic N) is 1. The average Bonchev–Trinajstić information content (AvgIpc) is 2.77. The maximum absolute atomic E-state index is 4.57. The molecule has 1 aromatic heterocycles. The summed E-state index contributed by atoms with van der Waals surface area (Å²) >= 11 is 5.26. The van der Waals surface area contributed by atoms with Gasteiger partial charge in [0.2, 0.25) is 0 Å². The SMILES string of the molecule is Cc1cccc(Nc2nc3ccccc3s2)c1Br. The van der Waals surface area contributed by atoms with E-state index in [1.165, 1.54) is 10.3 Å². The van der Waals surface area contributed by atoms with Gasteiger partial charge in [0.05, 0.1) is 15.9 Å². The molecule has 3 aromatic rings. The largest absolute Gasteiger partial charge is 0.331 e. The van der Waals surface area contributed by atoms with Gasteiger partial charge in [0.25, 0.3) is 0 Å². The van der Waals surface area contributed by atoms with E-state index >= 15 is 0 Å². The Morgan fingerprint density at radius 1 is 1.11 bits per heavy atom. The first-order chi connectivity index (χ1) is 8.74. The maximum Gasteiger partial charge on any atom is 0.188 e. The Balaban J connectivity index is 1.99. The van der Waals surface area contributed by atoms with Gasteiger partial charge in [-0.2, -0.15) is 0 Å². The first-order valence-corrected chi connectivity index (χ1v) is 7.23. The number of hydrogen-bond acceptors (Lipinski definition) is 3. The Labute approximate surface area is 118 Å². The molecule has 0 bridgehead atoms. The Hall–Kier alpha value is -1.39. The number of nitrogens with one attached hydrogen (secondary N) is 1. The highest BCUT2D eigenvalue weighted by molar-refractivity contribution is 9.10. The van der Waals surface area contributed by atoms with Crippen molar-refractivity contribution >= 4 is 48.3 Å². The van der Waals surface area contributed by atoms with Crippen molar-refractivity contribution in [1.29, 1.82) is 0 Å². The molecule has 0 saturated heterocycles. The van der Waals surface area contributed by atoms with Crippen LogP contribution in [0.5, 0.6) is 0 Å². The van der Waals surface area contributed by atoms with E-state index in [-0.39, 0.29) is 0 Å². The molecule has 4 heteroatoms. The smallest absolute Gasteiger partial charge is 0.188 e. The normalized spacial score (nSPS) is 10.8. The Kier molecular flexibility index (Phi) is 3.06. The van der Waals surface area contributed by atoms with Gasteiger partial charge in [0.15, 0.2) is 5.13 Å². The molecule has 0 fully saturated rings. The van der Waals surface area contributed by atoms with Gasteiger partial charge in [-0.25, -0.2) is 4.98 Å². The number of halogens is 1. The predicted molar refractivity (Wildman–Crippen MR) is 81.8 cm³/mol. The molecule has 0 amide bonds. The highest BCUT2D eigenvalue weighted by Gasteiger charge is 2.06. The second kappa shape index (κ2) is 4.71. The molecule has 90 valence electrons. The summed E-state index contributed by atoms with van der Waals surface area (Å²) in [6, 6.07) is 14.3. The molecule has 2 nitrogen and oxygen atoms in total. The second-order valence-corrected chi connectivity index (χ2v) is 5.87. The van der Waals surface area contributed by atoms with Crippen LogP contribution < -0.4 is 5.32 Å². The summed E-state index contributed by atoms with van der Waals surface area (Å²) in [6.45, 7) is 2.08. The van der Waals surface area contributed by atoms with Crippen LogP contribution in [0.25, 0.3) is 10.2 Å². The summed E-state index contributed by atoms with van der Waals surface area (Å²) in [5.41, 5.74) is 3.30. The third-order valence-electron chi connectivity index (χ3n) is 2.73. The van der Waals surface area contributed by atoms with Gasteiger partial charge in [-0.3, -0.25) is 0 Å². The zero-order chi connectivity index (χ0) is 12.5. The van der Waals surface area contributed by atoms with E-state index in [0.29, 0.717) is 0 Å². The van der Waals surface area contributed by atoms with Gasteiger partial charge < -0.3 is 5.32 Å². The zero-order valence-corrected chi connectivity index (χ0v) is 12.2.